The number of carbonyl (C=O) groups excluding carboxylic acids is 2. The van der Waals surface area contributed by atoms with Crippen molar-refractivity contribution in [2.75, 3.05) is 13.3 Å². The van der Waals surface area contributed by atoms with E-state index in [1.165, 1.54) is 0 Å². The van der Waals surface area contributed by atoms with Gasteiger partial charge in [-0.25, -0.2) is 9.69 Å². The summed E-state index contributed by atoms with van der Waals surface area (Å²) >= 11 is 0. The first kappa shape index (κ1) is 18.4. The number of amides is 3. The molecule has 1 heterocycles. The second-order valence-electron chi connectivity index (χ2n) is 2.19. The number of urea groups is 1. The predicted molar refractivity (Wildman–Crippen MR) is 33.8 cm³/mol. The molecule has 0 saturated carbocycles. The maximum absolute atomic E-state index is 10.8. The molecule has 1 saturated heterocycles. The fourth-order valence-electron chi connectivity index (χ4n) is 0.714. The van der Waals surface area contributed by atoms with Gasteiger partial charge in [0.1, 0.15) is 6.73 Å². The molecule has 8 nitrogen and oxygen atoms in total. The minimum Gasteiger partial charge on any atom is -0.790 e. The Morgan fingerprint density at radius 1 is 1.40 bits per heavy atom. The molecule has 1 aliphatic rings. The van der Waals surface area contributed by atoms with Crippen molar-refractivity contribution in [3.8, 4) is 0 Å². The minimum absolute atomic E-state index is 0. The molecule has 0 aliphatic carbocycles. The van der Waals surface area contributed by atoms with Crippen molar-refractivity contribution in [3.63, 3.8) is 0 Å². The van der Waals surface area contributed by atoms with E-state index in [0.717, 1.165) is 0 Å². The predicted octanol–water partition coefficient (Wildman–Crippen LogP) is -8.65. The standard InChI is InChI=1S/C4H7N2O6P.2Na/c7-3-1-5-4(8)6(3)2-12-13(9,10)11;;/h1-2H2,(H,5,8)(H2,9,10,11);;/q;2*+1/p-2. The van der Waals surface area contributed by atoms with Crippen molar-refractivity contribution < 1.29 is 87.6 Å². The molecule has 1 N–H and O–H groups in total. The fourth-order valence-corrected chi connectivity index (χ4v) is 0.971. The summed E-state index contributed by atoms with van der Waals surface area (Å²) in [6, 6.07) is -0.779. The Bertz CT molecular complexity index is 277. The van der Waals surface area contributed by atoms with E-state index >= 15 is 0 Å². The summed E-state index contributed by atoms with van der Waals surface area (Å²) in [5.74, 6) is -0.640. The fraction of sp³-hybridized carbons (Fsp3) is 0.500. The first-order valence-corrected chi connectivity index (χ1v) is 4.61. The first-order valence-electron chi connectivity index (χ1n) is 3.15. The Labute approximate surface area is 130 Å². The van der Waals surface area contributed by atoms with Gasteiger partial charge < -0.3 is 24.2 Å². The summed E-state index contributed by atoms with van der Waals surface area (Å²) < 4.78 is 13.7. The Hall–Kier alpha value is 1.05. The molecule has 0 atom stereocenters. The van der Waals surface area contributed by atoms with Crippen molar-refractivity contribution in [2.45, 2.75) is 0 Å². The van der Waals surface area contributed by atoms with Crippen molar-refractivity contribution >= 4 is 19.8 Å². The normalized spacial score (nSPS) is 15.5. The van der Waals surface area contributed by atoms with Gasteiger partial charge in [-0.3, -0.25) is 4.79 Å². The van der Waals surface area contributed by atoms with Gasteiger partial charge in [0.25, 0.3) is 5.91 Å². The first-order chi connectivity index (χ1) is 5.90. The van der Waals surface area contributed by atoms with Crippen molar-refractivity contribution in [2.24, 2.45) is 0 Å². The summed E-state index contributed by atoms with van der Waals surface area (Å²) in [7, 11) is -5.15. The largest absolute Gasteiger partial charge is 1.00 e. The van der Waals surface area contributed by atoms with E-state index in [1.807, 2.05) is 0 Å². The molecule has 0 spiro atoms. The number of hydrogen-bond donors (Lipinski definition) is 1. The summed E-state index contributed by atoms with van der Waals surface area (Å²) in [5, 5.41) is 2.12. The molecule has 1 aliphatic heterocycles. The number of phosphoric acid groups is 1. The minimum atomic E-state index is -5.15. The number of imide groups is 1. The van der Waals surface area contributed by atoms with Gasteiger partial charge >= 0.3 is 65.1 Å². The van der Waals surface area contributed by atoms with E-state index in [9.17, 15) is 23.9 Å². The zero-order valence-electron chi connectivity index (χ0n) is 8.26. The summed E-state index contributed by atoms with van der Waals surface area (Å²) in [6.07, 6.45) is 0. The molecule has 0 aromatic heterocycles. The van der Waals surface area contributed by atoms with Crippen LogP contribution in [-0.2, 0) is 13.9 Å². The second kappa shape index (κ2) is 7.39. The van der Waals surface area contributed by atoms with Crippen LogP contribution >= 0.6 is 7.82 Å². The van der Waals surface area contributed by atoms with E-state index in [0.29, 0.717) is 4.90 Å². The molecule has 0 bridgehead atoms. The molecule has 1 fully saturated rings. The van der Waals surface area contributed by atoms with Crippen LogP contribution in [0.4, 0.5) is 4.79 Å². The van der Waals surface area contributed by atoms with Crippen LogP contribution in [0.3, 0.4) is 0 Å². The van der Waals surface area contributed by atoms with E-state index in [1.54, 1.807) is 0 Å². The monoisotopic (exact) mass is 254 g/mol. The van der Waals surface area contributed by atoms with E-state index in [-0.39, 0.29) is 65.7 Å². The number of carbonyl (C=O) groups is 2. The number of phosphoric ester groups is 1. The smallest absolute Gasteiger partial charge is 0.790 e. The Morgan fingerprint density at radius 2 is 1.93 bits per heavy atom. The van der Waals surface area contributed by atoms with Crippen molar-refractivity contribution in [1.29, 1.82) is 0 Å². The van der Waals surface area contributed by atoms with E-state index in [2.05, 4.69) is 9.84 Å². The number of rotatable bonds is 3. The Balaban J connectivity index is 0. The van der Waals surface area contributed by atoms with Crippen LogP contribution in [0.5, 0.6) is 0 Å². The number of hydrogen-bond acceptors (Lipinski definition) is 6. The van der Waals surface area contributed by atoms with Gasteiger partial charge in [-0.05, 0) is 0 Å². The molecular weight excluding hydrogens is 249 g/mol. The van der Waals surface area contributed by atoms with Crippen LogP contribution < -0.4 is 74.2 Å². The average molecular weight is 254 g/mol. The number of nitrogens with one attached hydrogen (secondary N) is 1. The molecule has 0 aromatic rings. The quantitative estimate of drug-likeness (QED) is 0.303. The topological polar surface area (TPSA) is 122 Å². The molecule has 3 amide bonds. The van der Waals surface area contributed by atoms with E-state index in [4.69, 9.17) is 0 Å². The van der Waals surface area contributed by atoms with Crippen LogP contribution in [0.25, 0.3) is 0 Å². The van der Waals surface area contributed by atoms with Crippen LogP contribution in [0.1, 0.15) is 0 Å². The molecule has 74 valence electrons. The molecular formula is C4H5N2Na2O6P. The SMILES string of the molecule is O=C1CNC(=O)N1COP(=O)([O-])[O-].[Na+].[Na+]. The summed E-state index contributed by atoms with van der Waals surface area (Å²) in [5.41, 5.74) is 0. The van der Waals surface area contributed by atoms with Crippen molar-refractivity contribution in [1.82, 2.24) is 10.2 Å². The molecule has 0 aromatic carbocycles. The zero-order chi connectivity index (χ0) is 10.1. The third-order valence-corrected chi connectivity index (χ3v) is 1.71. The molecule has 15 heavy (non-hydrogen) atoms. The van der Waals surface area contributed by atoms with Gasteiger partial charge in [0, 0.05) is 0 Å². The van der Waals surface area contributed by atoms with Crippen molar-refractivity contribution in [3.05, 3.63) is 0 Å². The molecule has 11 heteroatoms. The van der Waals surface area contributed by atoms with Gasteiger partial charge in [-0.15, -0.1) is 0 Å². The summed E-state index contributed by atoms with van der Waals surface area (Å²) in [4.78, 5) is 41.9. The van der Waals surface area contributed by atoms with Gasteiger partial charge in [0.2, 0.25) is 0 Å². The van der Waals surface area contributed by atoms with Gasteiger partial charge in [0.05, 0.1) is 14.4 Å². The Morgan fingerprint density at radius 3 is 2.27 bits per heavy atom. The van der Waals surface area contributed by atoms with Gasteiger partial charge in [0.15, 0.2) is 0 Å². The summed E-state index contributed by atoms with van der Waals surface area (Å²) in [6.45, 7) is -1.08. The van der Waals surface area contributed by atoms with Crippen LogP contribution in [0.2, 0.25) is 0 Å². The van der Waals surface area contributed by atoms with Crippen LogP contribution in [0, 0.1) is 0 Å². The van der Waals surface area contributed by atoms with E-state index < -0.39 is 26.5 Å². The Kier molecular flexibility index (Phi) is 9.07. The van der Waals surface area contributed by atoms with Crippen LogP contribution in [0.15, 0.2) is 0 Å². The van der Waals surface area contributed by atoms with Gasteiger partial charge in [-0.1, -0.05) is 0 Å². The third kappa shape index (κ3) is 6.38. The van der Waals surface area contributed by atoms with Crippen LogP contribution in [-0.4, -0.2) is 30.1 Å². The third-order valence-electron chi connectivity index (χ3n) is 1.28. The molecule has 1 rings (SSSR count). The maximum Gasteiger partial charge on any atom is 1.00 e. The molecule has 0 unspecified atom stereocenters. The maximum atomic E-state index is 10.8. The van der Waals surface area contributed by atoms with Gasteiger partial charge in [-0.2, -0.15) is 0 Å². The number of nitrogens with zero attached hydrogens (tertiary/aromatic N) is 1. The molecule has 0 radical (unpaired) electrons. The average Bonchev–Trinajstić information content (AvgIpc) is 2.27. The second-order valence-corrected chi connectivity index (χ2v) is 3.34. The zero-order valence-corrected chi connectivity index (χ0v) is 13.2.